The van der Waals surface area contributed by atoms with Crippen molar-refractivity contribution in [2.45, 2.75) is 5.92 Å². The smallest absolute Gasteiger partial charge is 0.0981 e. The standard InChI is InChI=1S/C12H9BrN2/c13-7-10(8-14)12-6-5-9-3-1-2-4-11(9)15-12/h1-6,10H,7H2. The summed E-state index contributed by atoms with van der Waals surface area (Å²) >= 11 is 3.31. The third-order valence-corrected chi connectivity index (χ3v) is 2.93. The highest BCUT2D eigenvalue weighted by Crippen LogP contribution is 2.19. The molecule has 15 heavy (non-hydrogen) atoms. The van der Waals surface area contributed by atoms with Crippen LogP contribution >= 0.6 is 15.9 Å². The maximum absolute atomic E-state index is 8.93. The van der Waals surface area contributed by atoms with Crippen molar-refractivity contribution < 1.29 is 0 Å². The number of nitriles is 1. The van der Waals surface area contributed by atoms with Crippen molar-refractivity contribution in [1.29, 1.82) is 5.26 Å². The van der Waals surface area contributed by atoms with E-state index in [0.717, 1.165) is 16.6 Å². The van der Waals surface area contributed by atoms with Crippen LogP contribution in [0.4, 0.5) is 0 Å². The molecule has 0 aliphatic rings. The molecule has 1 aromatic carbocycles. The minimum absolute atomic E-state index is 0.172. The summed E-state index contributed by atoms with van der Waals surface area (Å²) < 4.78 is 0. The molecular formula is C12H9BrN2. The summed E-state index contributed by atoms with van der Waals surface area (Å²) in [6, 6.07) is 14.1. The molecule has 0 spiro atoms. The van der Waals surface area contributed by atoms with Crippen molar-refractivity contribution in [3.05, 3.63) is 42.1 Å². The molecule has 3 heteroatoms. The van der Waals surface area contributed by atoms with Gasteiger partial charge in [-0.1, -0.05) is 40.2 Å². The van der Waals surface area contributed by atoms with Gasteiger partial charge in [0.25, 0.3) is 0 Å². The van der Waals surface area contributed by atoms with Gasteiger partial charge in [0.2, 0.25) is 0 Å². The summed E-state index contributed by atoms with van der Waals surface area (Å²) in [6.45, 7) is 0. The predicted molar refractivity (Wildman–Crippen MR) is 63.9 cm³/mol. The summed E-state index contributed by atoms with van der Waals surface area (Å²) in [5.41, 5.74) is 1.77. The minimum atomic E-state index is -0.172. The first-order valence-corrected chi connectivity index (χ1v) is 5.78. The zero-order valence-electron chi connectivity index (χ0n) is 8.02. The second-order valence-corrected chi connectivity index (χ2v) is 3.91. The number of benzene rings is 1. The van der Waals surface area contributed by atoms with E-state index in [1.165, 1.54) is 0 Å². The first-order valence-electron chi connectivity index (χ1n) is 4.66. The van der Waals surface area contributed by atoms with Crippen LogP contribution < -0.4 is 0 Å². The summed E-state index contributed by atoms with van der Waals surface area (Å²) in [6.07, 6.45) is 0. The molecule has 1 atom stereocenters. The number of aromatic nitrogens is 1. The third kappa shape index (κ3) is 2.00. The molecule has 1 aromatic heterocycles. The Labute approximate surface area is 96.7 Å². The first kappa shape index (κ1) is 10.1. The summed E-state index contributed by atoms with van der Waals surface area (Å²) in [5.74, 6) is -0.172. The summed E-state index contributed by atoms with van der Waals surface area (Å²) in [4.78, 5) is 4.46. The average Bonchev–Trinajstić information content (AvgIpc) is 2.30. The number of hydrogen-bond acceptors (Lipinski definition) is 2. The number of halogens is 1. The van der Waals surface area contributed by atoms with E-state index in [9.17, 15) is 0 Å². The minimum Gasteiger partial charge on any atom is -0.251 e. The zero-order valence-corrected chi connectivity index (χ0v) is 9.61. The summed E-state index contributed by atoms with van der Waals surface area (Å²) in [5, 5.41) is 10.7. The number of pyridine rings is 1. The van der Waals surface area contributed by atoms with Crippen LogP contribution in [0.1, 0.15) is 11.6 Å². The van der Waals surface area contributed by atoms with Crippen LogP contribution in [0.25, 0.3) is 10.9 Å². The predicted octanol–water partition coefficient (Wildman–Crippen LogP) is 3.24. The van der Waals surface area contributed by atoms with Gasteiger partial charge in [-0.2, -0.15) is 5.26 Å². The molecular weight excluding hydrogens is 252 g/mol. The molecule has 0 fully saturated rings. The molecule has 0 aliphatic carbocycles. The molecule has 0 aliphatic heterocycles. The molecule has 0 amide bonds. The average molecular weight is 261 g/mol. The Morgan fingerprint density at radius 3 is 2.80 bits per heavy atom. The van der Waals surface area contributed by atoms with Crippen LogP contribution in [0.15, 0.2) is 36.4 Å². The van der Waals surface area contributed by atoms with E-state index in [2.05, 4.69) is 27.0 Å². The second-order valence-electron chi connectivity index (χ2n) is 3.26. The van der Waals surface area contributed by atoms with E-state index in [1.54, 1.807) is 0 Å². The highest BCUT2D eigenvalue weighted by atomic mass is 79.9. The van der Waals surface area contributed by atoms with E-state index < -0.39 is 0 Å². The number of fused-ring (bicyclic) bond motifs is 1. The highest BCUT2D eigenvalue weighted by molar-refractivity contribution is 9.09. The van der Waals surface area contributed by atoms with Gasteiger partial charge in [0.05, 0.1) is 23.2 Å². The first-order chi connectivity index (χ1) is 7.35. The van der Waals surface area contributed by atoms with Crippen molar-refractivity contribution in [2.24, 2.45) is 0 Å². The van der Waals surface area contributed by atoms with Crippen LogP contribution in [0, 0.1) is 11.3 Å². The maximum atomic E-state index is 8.93. The number of nitrogens with zero attached hydrogens (tertiary/aromatic N) is 2. The Morgan fingerprint density at radius 2 is 2.07 bits per heavy atom. The molecule has 0 N–H and O–H groups in total. The Balaban J connectivity index is 2.52. The third-order valence-electron chi connectivity index (χ3n) is 2.29. The molecule has 0 saturated carbocycles. The fourth-order valence-corrected chi connectivity index (χ4v) is 1.93. The van der Waals surface area contributed by atoms with Crippen molar-refractivity contribution in [1.82, 2.24) is 4.98 Å². The van der Waals surface area contributed by atoms with Gasteiger partial charge in [-0.25, -0.2) is 0 Å². The Morgan fingerprint density at radius 1 is 1.27 bits per heavy atom. The fraction of sp³-hybridized carbons (Fsp3) is 0.167. The van der Waals surface area contributed by atoms with Crippen LogP contribution in [0.2, 0.25) is 0 Å². The Kier molecular flexibility index (Phi) is 2.98. The van der Waals surface area contributed by atoms with E-state index in [0.29, 0.717) is 5.33 Å². The molecule has 0 bridgehead atoms. The molecule has 0 radical (unpaired) electrons. The normalized spacial score (nSPS) is 12.3. The van der Waals surface area contributed by atoms with Gasteiger partial charge in [0.15, 0.2) is 0 Å². The van der Waals surface area contributed by atoms with E-state index in [1.807, 2.05) is 36.4 Å². The Bertz CT molecular complexity index is 516. The quantitative estimate of drug-likeness (QED) is 0.778. The van der Waals surface area contributed by atoms with Crippen LogP contribution in [-0.2, 0) is 0 Å². The van der Waals surface area contributed by atoms with E-state index in [4.69, 9.17) is 5.26 Å². The maximum Gasteiger partial charge on any atom is 0.0981 e. The van der Waals surface area contributed by atoms with Gasteiger partial charge < -0.3 is 0 Å². The zero-order chi connectivity index (χ0) is 10.7. The van der Waals surface area contributed by atoms with Crippen molar-refractivity contribution in [2.75, 3.05) is 5.33 Å². The molecule has 2 aromatic rings. The number of para-hydroxylation sites is 1. The number of hydrogen-bond donors (Lipinski definition) is 0. The molecule has 2 rings (SSSR count). The lowest BCUT2D eigenvalue weighted by Gasteiger charge is -2.05. The highest BCUT2D eigenvalue weighted by Gasteiger charge is 2.10. The van der Waals surface area contributed by atoms with Gasteiger partial charge in [0.1, 0.15) is 0 Å². The monoisotopic (exact) mass is 260 g/mol. The summed E-state index contributed by atoms with van der Waals surface area (Å²) in [7, 11) is 0. The van der Waals surface area contributed by atoms with Crippen molar-refractivity contribution >= 4 is 26.8 Å². The molecule has 74 valence electrons. The van der Waals surface area contributed by atoms with E-state index >= 15 is 0 Å². The fourth-order valence-electron chi connectivity index (χ4n) is 1.46. The number of alkyl halides is 1. The van der Waals surface area contributed by atoms with Crippen LogP contribution in [0.5, 0.6) is 0 Å². The lowest BCUT2D eigenvalue weighted by molar-refractivity contribution is 0.951. The molecule has 2 nitrogen and oxygen atoms in total. The number of rotatable bonds is 2. The topological polar surface area (TPSA) is 36.7 Å². The molecule has 0 saturated heterocycles. The van der Waals surface area contributed by atoms with Gasteiger partial charge in [-0.3, -0.25) is 4.98 Å². The largest absolute Gasteiger partial charge is 0.251 e. The van der Waals surface area contributed by atoms with Gasteiger partial charge >= 0.3 is 0 Å². The molecule has 1 heterocycles. The lowest BCUT2D eigenvalue weighted by atomic mass is 10.1. The van der Waals surface area contributed by atoms with Crippen LogP contribution in [-0.4, -0.2) is 10.3 Å². The molecule has 1 unspecified atom stereocenters. The van der Waals surface area contributed by atoms with Gasteiger partial charge in [-0.15, -0.1) is 0 Å². The van der Waals surface area contributed by atoms with Crippen LogP contribution in [0.3, 0.4) is 0 Å². The Hall–Kier alpha value is -1.40. The lowest BCUT2D eigenvalue weighted by Crippen LogP contribution is -1.99. The van der Waals surface area contributed by atoms with Gasteiger partial charge in [-0.05, 0) is 12.1 Å². The van der Waals surface area contributed by atoms with Gasteiger partial charge in [0, 0.05) is 10.7 Å². The van der Waals surface area contributed by atoms with E-state index in [-0.39, 0.29) is 5.92 Å². The SMILES string of the molecule is N#CC(CBr)c1ccc2ccccc2n1. The van der Waals surface area contributed by atoms with Crippen molar-refractivity contribution in [3.63, 3.8) is 0 Å². The van der Waals surface area contributed by atoms with Crippen molar-refractivity contribution in [3.8, 4) is 6.07 Å². The second kappa shape index (κ2) is 4.41.